The predicted octanol–water partition coefficient (Wildman–Crippen LogP) is 2.63. The summed E-state index contributed by atoms with van der Waals surface area (Å²) < 4.78 is 0. The molecule has 0 aliphatic rings. The van der Waals surface area contributed by atoms with Crippen molar-refractivity contribution in [1.82, 2.24) is 4.98 Å². The molecule has 90 valence electrons. The van der Waals surface area contributed by atoms with Crippen LogP contribution in [0.15, 0.2) is 16.2 Å². The lowest BCUT2D eigenvalue weighted by Crippen LogP contribution is -2.07. The number of carbonyl (C=O) groups is 1. The first-order valence-electron chi connectivity index (χ1n) is 5.50. The fourth-order valence-corrected chi connectivity index (χ4v) is 2.73. The zero-order valence-corrected chi connectivity index (χ0v) is 10.3. The number of aromatic amines is 1. The highest BCUT2D eigenvalue weighted by atomic mass is 32.1. The summed E-state index contributed by atoms with van der Waals surface area (Å²) in [5, 5.41) is 11.7. The highest BCUT2D eigenvalue weighted by molar-refractivity contribution is 7.13. The van der Waals surface area contributed by atoms with Gasteiger partial charge in [-0.05, 0) is 18.4 Å². The molecular formula is C12H13NO3S. The summed E-state index contributed by atoms with van der Waals surface area (Å²) in [6.45, 7) is 2.08. The molecule has 2 N–H and O–H groups in total. The van der Waals surface area contributed by atoms with Crippen LogP contribution in [0.25, 0.3) is 10.9 Å². The summed E-state index contributed by atoms with van der Waals surface area (Å²) >= 11 is 1.16. The maximum absolute atomic E-state index is 11.5. The van der Waals surface area contributed by atoms with E-state index in [1.807, 2.05) is 0 Å². The van der Waals surface area contributed by atoms with Crippen molar-refractivity contribution in [3.8, 4) is 0 Å². The van der Waals surface area contributed by atoms with E-state index < -0.39 is 5.97 Å². The number of carboxylic acids is 1. The van der Waals surface area contributed by atoms with Crippen molar-refractivity contribution >= 4 is 28.2 Å². The number of unbranched alkanes of at least 4 members (excludes halogenated alkanes) is 1. The Labute approximate surface area is 102 Å². The molecule has 0 atom stereocenters. The van der Waals surface area contributed by atoms with Gasteiger partial charge in [0.1, 0.15) is 4.88 Å². The number of aromatic nitrogens is 1. The molecule has 17 heavy (non-hydrogen) atoms. The number of hydrogen-bond donors (Lipinski definition) is 2. The van der Waals surface area contributed by atoms with Crippen molar-refractivity contribution in [1.29, 1.82) is 0 Å². The van der Waals surface area contributed by atoms with Gasteiger partial charge in [0, 0.05) is 16.8 Å². The smallest absolute Gasteiger partial charge is 0.348 e. The van der Waals surface area contributed by atoms with Crippen LogP contribution in [0, 0.1) is 0 Å². The third-order valence-electron chi connectivity index (χ3n) is 2.68. The maximum atomic E-state index is 11.5. The lowest BCUT2D eigenvalue weighted by Gasteiger charge is -2.01. The van der Waals surface area contributed by atoms with Crippen LogP contribution in [0.2, 0.25) is 0 Å². The van der Waals surface area contributed by atoms with Crippen LogP contribution < -0.4 is 5.56 Å². The molecule has 0 spiro atoms. The molecule has 0 aliphatic heterocycles. The van der Waals surface area contributed by atoms with E-state index in [0.29, 0.717) is 5.52 Å². The Morgan fingerprint density at radius 2 is 2.29 bits per heavy atom. The lowest BCUT2D eigenvalue weighted by atomic mass is 10.1. The molecule has 2 rings (SSSR count). The average Bonchev–Trinajstić information content (AvgIpc) is 2.69. The van der Waals surface area contributed by atoms with Crippen LogP contribution in [0.3, 0.4) is 0 Å². The molecule has 0 fully saturated rings. The van der Waals surface area contributed by atoms with E-state index in [9.17, 15) is 9.59 Å². The number of fused-ring (bicyclic) bond motifs is 1. The fourth-order valence-electron chi connectivity index (χ4n) is 1.85. The van der Waals surface area contributed by atoms with Gasteiger partial charge in [0.15, 0.2) is 0 Å². The van der Waals surface area contributed by atoms with E-state index in [1.54, 1.807) is 11.4 Å². The van der Waals surface area contributed by atoms with Crippen molar-refractivity contribution < 1.29 is 9.90 Å². The minimum atomic E-state index is -0.992. The summed E-state index contributed by atoms with van der Waals surface area (Å²) in [5.41, 5.74) is 1.17. The number of aryl methyl sites for hydroxylation is 1. The van der Waals surface area contributed by atoms with Gasteiger partial charge in [-0.1, -0.05) is 13.3 Å². The molecule has 0 saturated heterocycles. The van der Waals surface area contributed by atoms with Gasteiger partial charge in [-0.25, -0.2) is 4.79 Å². The minimum absolute atomic E-state index is 0.204. The first-order chi connectivity index (χ1) is 8.13. The molecule has 5 heteroatoms. The third-order valence-corrected chi connectivity index (χ3v) is 3.65. The molecule has 2 aromatic rings. The normalized spacial score (nSPS) is 10.9. The molecule has 2 heterocycles. The van der Waals surface area contributed by atoms with Crippen LogP contribution in [-0.4, -0.2) is 16.1 Å². The third kappa shape index (κ3) is 2.24. The SMILES string of the molecule is CCCCc1cc(=O)[nH]c2c(C(=O)O)scc12. The Kier molecular flexibility index (Phi) is 3.28. The fraction of sp³-hybridized carbons (Fsp3) is 0.333. The van der Waals surface area contributed by atoms with E-state index in [2.05, 4.69) is 11.9 Å². The highest BCUT2D eigenvalue weighted by Crippen LogP contribution is 2.26. The van der Waals surface area contributed by atoms with Crippen molar-refractivity contribution in [3.05, 3.63) is 32.2 Å². The van der Waals surface area contributed by atoms with Crippen LogP contribution in [-0.2, 0) is 6.42 Å². The van der Waals surface area contributed by atoms with Crippen molar-refractivity contribution in [2.24, 2.45) is 0 Å². The Bertz CT molecular complexity index is 612. The Morgan fingerprint density at radius 1 is 1.53 bits per heavy atom. The van der Waals surface area contributed by atoms with Gasteiger partial charge in [0.25, 0.3) is 0 Å². The van der Waals surface area contributed by atoms with Crippen molar-refractivity contribution in [2.45, 2.75) is 26.2 Å². The van der Waals surface area contributed by atoms with Gasteiger partial charge < -0.3 is 10.1 Å². The number of hydrogen-bond acceptors (Lipinski definition) is 3. The molecule has 0 aliphatic carbocycles. The first-order valence-corrected chi connectivity index (χ1v) is 6.38. The maximum Gasteiger partial charge on any atom is 0.348 e. The van der Waals surface area contributed by atoms with Gasteiger partial charge in [-0.2, -0.15) is 0 Å². The lowest BCUT2D eigenvalue weighted by molar-refractivity contribution is 0.0704. The summed E-state index contributed by atoms with van der Waals surface area (Å²) in [6, 6.07) is 1.57. The molecule has 0 unspecified atom stereocenters. The van der Waals surface area contributed by atoms with E-state index in [1.165, 1.54) is 0 Å². The molecule has 2 aromatic heterocycles. The Morgan fingerprint density at radius 3 is 2.94 bits per heavy atom. The Balaban J connectivity index is 2.61. The standard InChI is InChI=1S/C12H13NO3S/c1-2-3-4-7-5-9(14)13-10-8(7)6-17-11(10)12(15)16/h5-6H,2-4H2,1H3,(H,13,14)(H,15,16). The average molecular weight is 251 g/mol. The minimum Gasteiger partial charge on any atom is -0.477 e. The second-order valence-electron chi connectivity index (χ2n) is 3.92. The number of rotatable bonds is 4. The number of thiophene rings is 1. The van der Waals surface area contributed by atoms with Gasteiger partial charge in [-0.15, -0.1) is 11.3 Å². The number of aromatic carboxylic acids is 1. The zero-order chi connectivity index (χ0) is 12.4. The largest absolute Gasteiger partial charge is 0.477 e. The monoisotopic (exact) mass is 251 g/mol. The van der Waals surface area contributed by atoms with Crippen molar-refractivity contribution in [3.63, 3.8) is 0 Å². The summed E-state index contributed by atoms with van der Waals surface area (Å²) in [6.07, 6.45) is 2.85. The van der Waals surface area contributed by atoms with Gasteiger partial charge in [-0.3, -0.25) is 4.79 Å². The number of carboxylic acid groups (broad SMARTS) is 1. The van der Waals surface area contributed by atoms with Crippen LogP contribution in [0.5, 0.6) is 0 Å². The van der Waals surface area contributed by atoms with Crippen LogP contribution >= 0.6 is 11.3 Å². The summed E-state index contributed by atoms with van der Waals surface area (Å²) in [4.78, 5) is 25.3. The number of H-pyrrole nitrogens is 1. The van der Waals surface area contributed by atoms with Gasteiger partial charge in [0.2, 0.25) is 5.56 Å². The number of nitrogens with one attached hydrogen (secondary N) is 1. The van der Waals surface area contributed by atoms with E-state index in [4.69, 9.17) is 5.11 Å². The van der Waals surface area contributed by atoms with E-state index in [0.717, 1.165) is 41.5 Å². The van der Waals surface area contributed by atoms with Crippen LogP contribution in [0.4, 0.5) is 0 Å². The Hall–Kier alpha value is -1.62. The van der Waals surface area contributed by atoms with Crippen LogP contribution in [0.1, 0.15) is 35.0 Å². The van der Waals surface area contributed by atoms with Crippen molar-refractivity contribution in [2.75, 3.05) is 0 Å². The van der Waals surface area contributed by atoms with E-state index >= 15 is 0 Å². The van der Waals surface area contributed by atoms with E-state index in [-0.39, 0.29) is 10.4 Å². The highest BCUT2D eigenvalue weighted by Gasteiger charge is 2.14. The molecule has 0 bridgehead atoms. The quantitative estimate of drug-likeness (QED) is 0.877. The molecule has 0 aromatic carbocycles. The second kappa shape index (κ2) is 4.71. The topological polar surface area (TPSA) is 70.2 Å². The first kappa shape index (κ1) is 11.9. The molecule has 0 radical (unpaired) electrons. The molecular weight excluding hydrogens is 238 g/mol. The zero-order valence-electron chi connectivity index (χ0n) is 9.45. The summed E-state index contributed by atoms with van der Waals surface area (Å²) in [7, 11) is 0. The van der Waals surface area contributed by atoms with Gasteiger partial charge in [0.05, 0.1) is 5.52 Å². The molecule has 0 amide bonds. The summed E-state index contributed by atoms with van der Waals surface area (Å²) in [5.74, 6) is -0.992. The predicted molar refractivity (Wildman–Crippen MR) is 68.0 cm³/mol. The molecule has 0 saturated carbocycles. The second-order valence-corrected chi connectivity index (χ2v) is 4.80. The van der Waals surface area contributed by atoms with Gasteiger partial charge >= 0.3 is 5.97 Å². The number of pyridine rings is 1. The molecule has 4 nitrogen and oxygen atoms in total.